The van der Waals surface area contributed by atoms with Gasteiger partial charge in [0.05, 0.1) is 0 Å². The van der Waals surface area contributed by atoms with Gasteiger partial charge in [-0.1, -0.05) is 12.8 Å². The smallest absolute Gasteiger partial charge is 0.115 e. The summed E-state index contributed by atoms with van der Waals surface area (Å²) in [7, 11) is 0. The Labute approximate surface area is 49.7 Å². The first-order valence-electron chi connectivity index (χ1n) is 2.45. The Morgan fingerprint density at radius 3 is 2.75 bits per heavy atom. The normalized spacial score (nSPS) is 10.6. The average Bonchev–Trinajstić information content (AvgIpc) is 1.83. The van der Waals surface area contributed by atoms with Crippen LogP contribution in [0.25, 0.3) is 0 Å². The molecule has 0 aliphatic rings. The van der Waals surface area contributed by atoms with Crippen molar-refractivity contribution in [2.45, 2.75) is 19.4 Å². The molecule has 1 atom stereocenters. The molecule has 0 aliphatic heterocycles. The van der Waals surface area contributed by atoms with Gasteiger partial charge in [-0.25, -0.2) is 0 Å². The van der Waals surface area contributed by atoms with Gasteiger partial charge in [-0.05, 0) is 18.3 Å². The molecule has 1 N–H and O–H groups in total. The Bertz CT molecular complexity index is 142. The Morgan fingerprint density at radius 1 is 1.75 bits per heavy atom. The van der Waals surface area contributed by atoms with Crippen molar-refractivity contribution in [1.29, 1.82) is 0 Å². The first kappa shape index (κ1) is 7.08. The summed E-state index contributed by atoms with van der Waals surface area (Å²) in [5, 5.41) is 8.72. The zero-order valence-electron chi connectivity index (χ0n) is 4.81. The SMILES string of the molecule is C#CC#C[C@@H](O)CC. The first-order chi connectivity index (χ1) is 3.81. The van der Waals surface area contributed by atoms with Crippen molar-refractivity contribution in [2.75, 3.05) is 0 Å². The molecule has 0 aliphatic carbocycles. The highest BCUT2D eigenvalue weighted by Gasteiger charge is 1.88. The number of hydrogen-bond donors (Lipinski definition) is 1. The van der Waals surface area contributed by atoms with Gasteiger partial charge < -0.3 is 5.11 Å². The van der Waals surface area contributed by atoms with Crippen LogP contribution in [-0.4, -0.2) is 11.2 Å². The minimum absolute atomic E-state index is 0.550. The monoisotopic (exact) mass is 108 g/mol. The quantitative estimate of drug-likeness (QED) is 0.482. The molecule has 1 heteroatoms. The van der Waals surface area contributed by atoms with Crippen molar-refractivity contribution in [3.05, 3.63) is 0 Å². The lowest BCUT2D eigenvalue weighted by Crippen LogP contribution is -1.98. The molecule has 0 radical (unpaired) electrons. The predicted octanol–water partition coefficient (Wildman–Crippen LogP) is 0.394. The highest BCUT2D eigenvalue weighted by atomic mass is 16.3. The molecule has 0 aromatic heterocycles. The van der Waals surface area contributed by atoms with Crippen LogP contribution < -0.4 is 0 Å². The largest absolute Gasteiger partial charge is 0.380 e. The fourth-order valence-electron chi connectivity index (χ4n) is 0.227. The summed E-state index contributed by atoms with van der Waals surface area (Å²) in [5.74, 6) is 6.89. The van der Waals surface area contributed by atoms with E-state index in [0.717, 1.165) is 0 Å². The molecule has 0 bridgehead atoms. The maximum absolute atomic E-state index is 8.72. The molecule has 0 fully saturated rings. The van der Waals surface area contributed by atoms with E-state index in [2.05, 4.69) is 17.8 Å². The van der Waals surface area contributed by atoms with Gasteiger partial charge in [0.2, 0.25) is 0 Å². The van der Waals surface area contributed by atoms with Crippen LogP contribution in [0.4, 0.5) is 0 Å². The van der Waals surface area contributed by atoms with E-state index >= 15 is 0 Å². The summed E-state index contributed by atoms with van der Waals surface area (Å²) in [6.07, 6.45) is 4.88. The first-order valence-corrected chi connectivity index (χ1v) is 2.45. The van der Waals surface area contributed by atoms with Gasteiger partial charge in [0.25, 0.3) is 0 Å². The topological polar surface area (TPSA) is 20.2 Å². The molecule has 1 nitrogen and oxygen atoms in total. The third kappa shape index (κ3) is 3.28. The number of aliphatic hydroxyl groups is 1. The van der Waals surface area contributed by atoms with E-state index < -0.39 is 6.10 Å². The Morgan fingerprint density at radius 2 is 2.38 bits per heavy atom. The number of rotatable bonds is 1. The third-order valence-corrected chi connectivity index (χ3v) is 0.698. The Balaban J connectivity index is 3.55. The minimum Gasteiger partial charge on any atom is -0.380 e. The maximum atomic E-state index is 8.72. The van der Waals surface area contributed by atoms with Gasteiger partial charge in [0.1, 0.15) is 6.10 Å². The van der Waals surface area contributed by atoms with Gasteiger partial charge in [-0.2, -0.15) is 0 Å². The van der Waals surface area contributed by atoms with Crippen LogP contribution in [0.3, 0.4) is 0 Å². The van der Waals surface area contributed by atoms with E-state index in [4.69, 9.17) is 11.5 Å². The zero-order chi connectivity index (χ0) is 6.41. The molecule has 42 valence electrons. The molecular formula is C7H8O. The fourth-order valence-corrected chi connectivity index (χ4v) is 0.227. The van der Waals surface area contributed by atoms with E-state index in [1.807, 2.05) is 6.92 Å². The summed E-state index contributed by atoms with van der Waals surface area (Å²) >= 11 is 0. The zero-order valence-corrected chi connectivity index (χ0v) is 4.81. The molecule has 0 aromatic rings. The van der Waals surface area contributed by atoms with Crippen molar-refractivity contribution in [3.8, 4) is 24.2 Å². The van der Waals surface area contributed by atoms with Gasteiger partial charge in [-0.15, -0.1) is 6.42 Å². The summed E-state index contributed by atoms with van der Waals surface area (Å²) in [6.45, 7) is 1.84. The molecule has 8 heavy (non-hydrogen) atoms. The lowest BCUT2D eigenvalue weighted by molar-refractivity contribution is 0.228. The van der Waals surface area contributed by atoms with Gasteiger partial charge in [0.15, 0.2) is 0 Å². The summed E-state index contributed by atoms with van der Waals surface area (Å²) < 4.78 is 0. The van der Waals surface area contributed by atoms with E-state index in [9.17, 15) is 0 Å². The average molecular weight is 108 g/mol. The number of hydrogen-bond acceptors (Lipinski definition) is 1. The van der Waals surface area contributed by atoms with Gasteiger partial charge in [-0.3, -0.25) is 0 Å². The van der Waals surface area contributed by atoms with Crippen LogP contribution in [0.15, 0.2) is 0 Å². The van der Waals surface area contributed by atoms with Crippen LogP contribution in [0.2, 0.25) is 0 Å². The minimum atomic E-state index is -0.550. The predicted molar refractivity (Wildman–Crippen MR) is 32.9 cm³/mol. The second kappa shape index (κ2) is 4.24. The lowest BCUT2D eigenvalue weighted by Gasteiger charge is -1.91. The lowest BCUT2D eigenvalue weighted by atomic mass is 10.3. The summed E-state index contributed by atoms with van der Waals surface area (Å²) in [4.78, 5) is 0. The highest BCUT2D eigenvalue weighted by Crippen LogP contribution is 1.83. The summed E-state index contributed by atoms with van der Waals surface area (Å²) in [6, 6.07) is 0. The van der Waals surface area contributed by atoms with E-state index in [0.29, 0.717) is 6.42 Å². The molecule has 0 heterocycles. The molecular weight excluding hydrogens is 100 g/mol. The fraction of sp³-hybridized carbons (Fsp3) is 0.429. The van der Waals surface area contributed by atoms with E-state index in [1.165, 1.54) is 0 Å². The van der Waals surface area contributed by atoms with Crippen LogP contribution in [0, 0.1) is 24.2 Å². The van der Waals surface area contributed by atoms with Crippen molar-refractivity contribution < 1.29 is 5.11 Å². The highest BCUT2D eigenvalue weighted by molar-refractivity contribution is 5.23. The van der Waals surface area contributed by atoms with Crippen LogP contribution >= 0.6 is 0 Å². The number of terminal acetylenes is 1. The summed E-state index contributed by atoms with van der Waals surface area (Å²) in [5.41, 5.74) is 0. The van der Waals surface area contributed by atoms with Crippen molar-refractivity contribution in [2.24, 2.45) is 0 Å². The third-order valence-electron chi connectivity index (χ3n) is 0.698. The maximum Gasteiger partial charge on any atom is 0.115 e. The molecule has 0 spiro atoms. The van der Waals surface area contributed by atoms with Crippen molar-refractivity contribution >= 4 is 0 Å². The molecule has 0 rings (SSSR count). The van der Waals surface area contributed by atoms with Crippen molar-refractivity contribution in [3.63, 3.8) is 0 Å². The van der Waals surface area contributed by atoms with Gasteiger partial charge >= 0.3 is 0 Å². The molecule has 0 amide bonds. The number of aliphatic hydroxyl groups excluding tert-OH is 1. The molecule has 0 saturated heterocycles. The Hall–Kier alpha value is -0.920. The standard InChI is InChI=1S/C7H8O/c1-3-5-6-7(8)4-2/h1,7-8H,4H2,2H3/t7-/m0/s1. The van der Waals surface area contributed by atoms with Crippen LogP contribution in [0.5, 0.6) is 0 Å². The molecule has 0 aromatic carbocycles. The molecule has 0 unspecified atom stereocenters. The molecule has 0 saturated carbocycles. The second-order valence-electron chi connectivity index (χ2n) is 1.34. The van der Waals surface area contributed by atoms with Crippen molar-refractivity contribution in [1.82, 2.24) is 0 Å². The van der Waals surface area contributed by atoms with Gasteiger partial charge in [0, 0.05) is 0 Å². The van der Waals surface area contributed by atoms with Crippen LogP contribution in [0.1, 0.15) is 13.3 Å². The second-order valence-corrected chi connectivity index (χ2v) is 1.34. The van der Waals surface area contributed by atoms with E-state index in [1.54, 1.807) is 0 Å². The van der Waals surface area contributed by atoms with E-state index in [-0.39, 0.29) is 0 Å². The Kier molecular flexibility index (Phi) is 3.76. The van der Waals surface area contributed by atoms with Crippen LogP contribution in [-0.2, 0) is 0 Å².